The molecule has 28 heavy (non-hydrogen) atoms. The Kier molecular flexibility index (Phi) is 6.62. The van der Waals surface area contributed by atoms with Crippen LogP contribution >= 0.6 is 12.2 Å². The van der Waals surface area contributed by atoms with Gasteiger partial charge >= 0.3 is 0 Å². The van der Waals surface area contributed by atoms with Crippen LogP contribution in [0.3, 0.4) is 0 Å². The van der Waals surface area contributed by atoms with Crippen molar-refractivity contribution >= 4 is 28.9 Å². The summed E-state index contributed by atoms with van der Waals surface area (Å²) in [4.78, 5) is 14.4. The number of carbonyl (C=O) groups is 1. The van der Waals surface area contributed by atoms with E-state index >= 15 is 0 Å². The van der Waals surface area contributed by atoms with E-state index in [0.717, 1.165) is 31.6 Å². The number of likely N-dealkylation sites (tertiary alicyclic amines) is 1. The lowest BCUT2D eigenvalue weighted by molar-refractivity contribution is 0.0918. The van der Waals surface area contributed by atoms with Gasteiger partial charge < -0.3 is 15.5 Å². The molecule has 3 rings (SSSR count). The second-order valence-corrected chi connectivity index (χ2v) is 7.81. The third-order valence-corrected chi connectivity index (χ3v) is 5.42. The second-order valence-electron chi connectivity index (χ2n) is 7.42. The van der Waals surface area contributed by atoms with Crippen LogP contribution in [0.5, 0.6) is 0 Å². The monoisotopic (exact) mass is 399 g/mol. The van der Waals surface area contributed by atoms with Crippen molar-refractivity contribution in [2.45, 2.75) is 38.6 Å². The number of benzene rings is 2. The van der Waals surface area contributed by atoms with E-state index in [0.29, 0.717) is 11.0 Å². The quantitative estimate of drug-likeness (QED) is 0.741. The summed E-state index contributed by atoms with van der Waals surface area (Å²) in [5.74, 6) is -0.353. The van der Waals surface area contributed by atoms with Crippen LogP contribution in [0, 0.1) is 5.82 Å². The van der Waals surface area contributed by atoms with Crippen LogP contribution < -0.4 is 10.6 Å². The van der Waals surface area contributed by atoms with Crippen molar-refractivity contribution in [1.82, 2.24) is 10.2 Å². The highest BCUT2D eigenvalue weighted by atomic mass is 32.1. The molecule has 0 spiro atoms. The fourth-order valence-electron chi connectivity index (χ4n) is 3.29. The normalized spacial score (nSPS) is 14.8. The van der Waals surface area contributed by atoms with Gasteiger partial charge in [-0.2, -0.15) is 0 Å². The highest BCUT2D eigenvalue weighted by Gasteiger charge is 2.23. The van der Waals surface area contributed by atoms with E-state index < -0.39 is 5.82 Å². The van der Waals surface area contributed by atoms with Crippen LogP contribution in [-0.4, -0.2) is 35.1 Å². The summed E-state index contributed by atoms with van der Waals surface area (Å²) in [6.07, 6.45) is 1.54. The first kappa shape index (κ1) is 20.3. The van der Waals surface area contributed by atoms with Crippen molar-refractivity contribution in [2.24, 2.45) is 0 Å². The average Bonchev–Trinajstić information content (AvgIpc) is 2.69. The fraction of sp³-hybridized carbons (Fsp3) is 0.364. The minimum Gasteiger partial charge on any atom is -0.349 e. The van der Waals surface area contributed by atoms with Crippen molar-refractivity contribution < 1.29 is 9.18 Å². The van der Waals surface area contributed by atoms with Crippen molar-refractivity contribution in [3.05, 3.63) is 65.5 Å². The molecule has 4 nitrogen and oxygen atoms in total. The van der Waals surface area contributed by atoms with Crippen LogP contribution in [0.15, 0.2) is 48.5 Å². The predicted molar refractivity (Wildman–Crippen MR) is 115 cm³/mol. The van der Waals surface area contributed by atoms with E-state index in [4.69, 9.17) is 12.2 Å². The smallest absolute Gasteiger partial charge is 0.254 e. The summed E-state index contributed by atoms with van der Waals surface area (Å²) in [6.45, 7) is 5.83. The summed E-state index contributed by atoms with van der Waals surface area (Å²) in [5.41, 5.74) is 2.36. The molecule has 0 bridgehead atoms. The van der Waals surface area contributed by atoms with E-state index in [9.17, 15) is 9.18 Å². The van der Waals surface area contributed by atoms with Gasteiger partial charge in [0.25, 0.3) is 5.91 Å². The molecule has 6 heteroatoms. The van der Waals surface area contributed by atoms with E-state index in [1.807, 2.05) is 12.1 Å². The number of carbonyl (C=O) groups excluding carboxylic acids is 1. The number of hydrogen-bond donors (Lipinski definition) is 2. The van der Waals surface area contributed by atoms with Crippen LogP contribution in [0.2, 0.25) is 0 Å². The first-order chi connectivity index (χ1) is 13.4. The first-order valence-corrected chi connectivity index (χ1v) is 10.1. The molecule has 1 amide bonds. The molecule has 148 valence electrons. The third kappa shape index (κ3) is 5.07. The van der Waals surface area contributed by atoms with Gasteiger partial charge in [0, 0.05) is 24.8 Å². The predicted octanol–water partition coefficient (Wildman–Crippen LogP) is 4.54. The zero-order chi connectivity index (χ0) is 20.1. The first-order valence-electron chi connectivity index (χ1n) is 9.65. The number of anilines is 1. The van der Waals surface area contributed by atoms with Gasteiger partial charge in [0.2, 0.25) is 0 Å². The molecule has 2 aromatic rings. The molecular formula is C22H26FN3OS. The minimum absolute atomic E-state index is 0.0245. The second kappa shape index (κ2) is 9.15. The molecule has 1 fully saturated rings. The average molecular weight is 400 g/mol. The number of hydrogen-bond acceptors (Lipinski definition) is 2. The topological polar surface area (TPSA) is 44.4 Å². The maximum atomic E-state index is 13.7. The lowest BCUT2D eigenvalue weighted by atomic mass is 10.0. The van der Waals surface area contributed by atoms with Crippen LogP contribution in [0.25, 0.3) is 0 Å². The Labute approximate surface area is 171 Å². The largest absolute Gasteiger partial charge is 0.349 e. The molecule has 1 saturated heterocycles. The number of piperidine rings is 1. The summed E-state index contributed by atoms with van der Waals surface area (Å²) < 4.78 is 13.7. The molecule has 2 aromatic carbocycles. The Morgan fingerprint density at radius 2 is 1.75 bits per heavy atom. The molecule has 0 radical (unpaired) electrons. The van der Waals surface area contributed by atoms with E-state index in [1.165, 1.54) is 17.7 Å². The number of nitrogens with zero attached hydrogens (tertiary/aromatic N) is 1. The molecule has 0 aliphatic carbocycles. The molecule has 1 aliphatic heterocycles. The molecule has 0 atom stereocenters. The summed E-state index contributed by atoms with van der Waals surface area (Å²) in [7, 11) is 0. The molecule has 1 heterocycles. The van der Waals surface area contributed by atoms with Gasteiger partial charge in [0.05, 0.1) is 5.56 Å². The van der Waals surface area contributed by atoms with Crippen LogP contribution in [0.1, 0.15) is 48.5 Å². The lowest BCUT2D eigenvalue weighted by Crippen LogP contribution is -2.47. The number of rotatable bonds is 4. The molecular weight excluding hydrogens is 373 g/mol. The van der Waals surface area contributed by atoms with Gasteiger partial charge in [-0.15, -0.1) is 0 Å². The SMILES string of the molecule is CC(C)c1ccc(NC(=S)N2CCC(NC(=O)c3ccccc3F)CC2)cc1. The summed E-state index contributed by atoms with van der Waals surface area (Å²) in [5, 5.41) is 6.91. The zero-order valence-electron chi connectivity index (χ0n) is 16.2. The molecule has 0 saturated carbocycles. The molecule has 2 N–H and O–H groups in total. The maximum Gasteiger partial charge on any atom is 0.254 e. The van der Waals surface area contributed by atoms with Crippen molar-refractivity contribution in [1.29, 1.82) is 0 Å². The number of thiocarbonyl (C=S) groups is 1. The highest BCUT2D eigenvalue weighted by molar-refractivity contribution is 7.80. The lowest BCUT2D eigenvalue weighted by Gasteiger charge is -2.34. The van der Waals surface area contributed by atoms with Crippen molar-refractivity contribution in [3.63, 3.8) is 0 Å². The maximum absolute atomic E-state index is 13.7. The van der Waals surface area contributed by atoms with Crippen molar-refractivity contribution in [3.8, 4) is 0 Å². The number of nitrogens with one attached hydrogen (secondary N) is 2. The van der Waals surface area contributed by atoms with Gasteiger partial charge in [-0.25, -0.2) is 4.39 Å². The Morgan fingerprint density at radius 3 is 2.36 bits per heavy atom. The van der Waals surface area contributed by atoms with E-state index in [-0.39, 0.29) is 17.5 Å². The fourth-order valence-corrected chi connectivity index (χ4v) is 3.59. The Morgan fingerprint density at radius 1 is 1.11 bits per heavy atom. The van der Waals surface area contributed by atoms with E-state index in [2.05, 4.69) is 41.5 Å². The summed E-state index contributed by atoms with van der Waals surface area (Å²) in [6, 6.07) is 14.4. The summed E-state index contributed by atoms with van der Waals surface area (Å²) >= 11 is 5.54. The Bertz CT molecular complexity index is 830. The van der Waals surface area contributed by atoms with Crippen LogP contribution in [0.4, 0.5) is 10.1 Å². The van der Waals surface area contributed by atoms with Crippen molar-refractivity contribution in [2.75, 3.05) is 18.4 Å². The van der Waals surface area contributed by atoms with Crippen LogP contribution in [-0.2, 0) is 0 Å². The highest BCUT2D eigenvalue weighted by Crippen LogP contribution is 2.19. The standard InChI is InChI=1S/C22H26FN3OS/c1-15(2)16-7-9-17(10-8-16)25-22(28)26-13-11-18(12-14-26)24-21(27)19-5-3-4-6-20(19)23/h3-10,15,18H,11-14H2,1-2H3,(H,24,27)(H,25,28). The van der Waals surface area contributed by atoms with Gasteiger partial charge in [0.15, 0.2) is 5.11 Å². The molecule has 1 aliphatic rings. The minimum atomic E-state index is -0.494. The van der Waals surface area contributed by atoms with Gasteiger partial charge in [-0.1, -0.05) is 38.1 Å². The Hall–Kier alpha value is -2.47. The number of amides is 1. The molecule has 0 unspecified atom stereocenters. The third-order valence-electron chi connectivity index (χ3n) is 5.06. The van der Waals surface area contributed by atoms with E-state index in [1.54, 1.807) is 12.1 Å². The Balaban J connectivity index is 1.48. The number of halogens is 1. The molecule has 0 aromatic heterocycles. The van der Waals surface area contributed by atoms with Gasteiger partial charge in [-0.3, -0.25) is 4.79 Å². The van der Waals surface area contributed by atoms with Gasteiger partial charge in [-0.05, 0) is 60.8 Å². The van der Waals surface area contributed by atoms with Gasteiger partial charge in [0.1, 0.15) is 5.82 Å². The zero-order valence-corrected chi connectivity index (χ0v) is 17.1.